The molecule has 3 saturated carbocycles. The van der Waals surface area contributed by atoms with Crippen molar-refractivity contribution in [1.82, 2.24) is 10.6 Å². The topological polar surface area (TPSA) is 114 Å². The van der Waals surface area contributed by atoms with Crippen molar-refractivity contribution in [3.8, 4) is 11.5 Å². The lowest BCUT2D eigenvalue weighted by atomic mass is 9.83. The highest BCUT2D eigenvalue weighted by Gasteiger charge is 2.51. The van der Waals surface area contributed by atoms with Gasteiger partial charge >= 0.3 is 5.97 Å². The van der Waals surface area contributed by atoms with Crippen LogP contribution in [0.2, 0.25) is 0 Å². The van der Waals surface area contributed by atoms with Crippen molar-refractivity contribution < 1.29 is 33.4 Å². The molecule has 8 nitrogen and oxygen atoms in total. The second kappa shape index (κ2) is 11.7. The number of ether oxygens (including phenoxy) is 2. The fraction of sp³-hybridized carbons (Fsp3) is 0.679. The second-order valence-corrected chi connectivity index (χ2v) is 11.0. The van der Waals surface area contributed by atoms with Gasteiger partial charge in [0, 0.05) is 18.7 Å². The fourth-order valence-corrected chi connectivity index (χ4v) is 6.22. The van der Waals surface area contributed by atoms with E-state index < -0.39 is 23.6 Å². The van der Waals surface area contributed by atoms with E-state index in [0.717, 1.165) is 31.7 Å². The molecule has 0 saturated heterocycles. The molecule has 0 aliphatic heterocycles. The monoisotopic (exact) mass is 518 g/mol. The molecule has 37 heavy (non-hydrogen) atoms. The van der Waals surface area contributed by atoms with E-state index in [4.69, 9.17) is 9.47 Å². The smallest absolute Gasteiger partial charge is 0.306 e. The molecular formula is C28H39FN2O6. The minimum absolute atomic E-state index is 0.00939. The van der Waals surface area contributed by atoms with Crippen LogP contribution in [-0.4, -0.2) is 48.7 Å². The number of carboxylic acid groups (broad SMARTS) is 1. The summed E-state index contributed by atoms with van der Waals surface area (Å²) >= 11 is 0. The maximum Gasteiger partial charge on any atom is 0.306 e. The quantitative estimate of drug-likeness (QED) is 0.429. The van der Waals surface area contributed by atoms with Crippen LogP contribution in [0.25, 0.3) is 0 Å². The van der Waals surface area contributed by atoms with Gasteiger partial charge in [-0.2, -0.15) is 0 Å². The second-order valence-electron chi connectivity index (χ2n) is 11.0. The Morgan fingerprint density at radius 3 is 2.43 bits per heavy atom. The highest BCUT2D eigenvalue weighted by molar-refractivity contribution is 5.98. The molecule has 0 radical (unpaired) electrons. The van der Waals surface area contributed by atoms with Gasteiger partial charge in [0.15, 0.2) is 11.6 Å². The first-order chi connectivity index (χ1) is 17.7. The molecule has 1 aromatic rings. The molecule has 204 valence electrons. The molecule has 3 N–H and O–H groups in total. The lowest BCUT2D eigenvalue weighted by molar-refractivity contribution is -0.143. The molecule has 0 heterocycles. The minimum Gasteiger partial charge on any atom is -0.496 e. The average Bonchev–Trinajstić information content (AvgIpc) is 3.50. The summed E-state index contributed by atoms with van der Waals surface area (Å²) in [6.07, 6.45) is 5.47. The van der Waals surface area contributed by atoms with E-state index in [0.29, 0.717) is 38.1 Å². The Hall–Kier alpha value is -2.84. The van der Waals surface area contributed by atoms with E-state index in [-0.39, 0.29) is 52.9 Å². The van der Waals surface area contributed by atoms with Gasteiger partial charge in [-0.25, -0.2) is 4.39 Å². The van der Waals surface area contributed by atoms with Gasteiger partial charge in [-0.05, 0) is 68.8 Å². The number of rotatable bonds is 10. The predicted molar refractivity (Wildman–Crippen MR) is 135 cm³/mol. The molecule has 4 rings (SSSR count). The van der Waals surface area contributed by atoms with Gasteiger partial charge < -0.3 is 25.2 Å². The summed E-state index contributed by atoms with van der Waals surface area (Å²) < 4.78 is 26.0. The number of halogens is 1. The third-order valence-electron chi connectivity index (χ3n) is 8.65. The van der Waals surface area contributed by atoms with Crippen LogP contribution in [0.1, 0.15) is 75.6 Å². The van der Waals surface area contributed by atoms with Gasteiger partial charge in [0.25, 0.3) is 5.91 Å². The number of fused-ring (bicyclic) bond motifs is 2. The van der Waals surface area contributed by atoms with E-state index in [2.05, 4.69) is 24.5 Å². The number of hydrogen-bond acceptors (Lipinski definition) is 5. The number of aliphatic carboxylic acids is 1. The molecule has 3 aliphatic rings. The zero-order valence-electron chi connectivity index (χ0n) is 21.9. The Balaban J connectivity index is 1.47. The highest BCUT2D eigenvalue weighted by atomic mass is 19.1. The summed E-state index contributed by atoms with van der Waals surface area (Å²) in [5, 5.41) is 15.4. The Labute approximate surface area is 217 Å². The van der Waals surface area contributed by atoms with Crippen molar-refractivity contribution in [2.24, 2.45) is 29.6 Å². The normalized spacial score (nSPS) is 29.4. The van der Waals surface area contributed by atoms with Crippen molar-refractivity contribution >= 4 is 17.8 Å². The van der Waals surface area contributed by atoms with Crippen LogP contribution in [-0.2, 0) is 9.59 Å². The summed E-state index contributed by atoms with van der Waals surface area (Å²) in [7, 11) is 1.38. The number of carbonyl (C=O) groups is 3. The zero-order valence-corrected chi connectivity index (χ0v) is 21.9. The number of carboxylic acids is 1. The zero-order chi connectivity index (χ0) is 26.7. The minimum atomic E-state index is -0.819. The lowest BCUT2D eigenvalue weighted by Crippen LogP contribution is -2.50. The first-order valence-electron chi connectivity index (χ1n) is 13.6. The summed E-state index contributed by atoms with van der Waals surface area (Å²) in [4.78, 5) is 37.8. The maximum atomic E-state index is 14.8. The number of carbonyl (C=O) groups excluding carboxylic acids is 2. The Morgan fingerprint density at radius 1 is 1.08 bits per heavy atom. The van der Waals surface area contributed by atoms with Crippen molar-refractivity contribution in [3.05, 3.63) is 23.5 Å². The van der Waals surface area contributed by atoms with Crippen LogP contribution in [0.15, 0.2) is 12.1 Å². The van der Waals surface area contributed by atoms with Gasteiger partial charge in [0.05, 0.1) is 30.6 Å². The number of nitrogens with one attached hydrogen (secondary N) is 2. The molecule has 3 aliphatic carbocycles. The maximum absolute atomic E-state index is 14.8. The molecule has 0 unspecified atom stereocenters. The molecule has 9 heteroatoms. The average molecular weight is 519 g/mol. The Morgan fingerprint density at radius 2 is 1.78 bits per heavy atom. The number of methoxy groups -OCH3 is 1. The standard InChI is InChI=1S/C28H39FN2O6/c1-4-15(2)14-30-27(33)24-17-5-6-18(11-17)25(24)31-26(32)20-12-23(21(29)13-22(20)36-3)37-19-9-7-16(8-10-19)28(34)35/h12-13,15-19,24-25H,4-11,14H2,1-3H3,(H,30,33)(H,31,32)(H,34,35)/t15-,16?,17+,18-,19?,24-,25+/m0/s1. The number of benzene rings is 1. The largest absolute Gasteiger partial charge is 0.496 e. The van der Waals surface area contributed by atoms with Crippen LogP contribution in [0, 0.1) is 35.4 Å². The lowest BCUT2D eigenvalue weighted by Gasteiger charge is -2.31. The number of amides is 2. The van der Waals surface area contributed by atoms with E-state index >= 15 is 0 Å². The molecule has 2 bridgehead atoms. The molecule has 0 aromatic heterocycles. The molecule has 0 spiro atoms. The molecular weight excluding hydrogens is 479 g/mol. The molecule has 1 aromatic carbocycles. The van der Waals surface area contributed by atoms with Crippen LogP contribution < -0.4 is 20.1 Å². The summed E-state index contributed by atoms with van der Waals surface area (Å²) in [6, 6.07) is 2.22. The van der Waals surface area contributed by atoms with Crippen molar-refractivity contribution in [2.75, 3.05) is 13.7 Å². The van der Waals surface area contributed by atoms with Crippen molar-refractivity contribution in [2.45, 2.75) is 77.4 Å². The predicted octanol–water partition coefficient (Wildman–Crippen LogP) is 4.16. The number of hydrogen-bond donors (Lipinski definition) is 3. The molecule has 2 amide bonds. The third-order valence-corrected chi connectivity index (χ3v) is 8.65. The van der Waals surface area contributed by atoms with Gasteiger partial charge in [0.1, 0.15) is 5.75 Å². The van der Waals surface area contributed by atoms with E-state index in [1.54, 1.807) is 0 Å². The van der Waals surface area contributed by atoms with Crippen molar-refractivity contribution in [3.63, 3.8) is 0 Å². The Kier molecular flexibility index (Phi) is 8.60. The van der Waals surface area contributed by atoms with Gasteiger partial charge in [0.2, 0.25) is 5.91 Å². The fourth-order valence-electron chi connectivity index (χ4n) is 6.22. The van der Waals surface area contributed by atoms with Gasteiger partial charge in [-0.1, -0.05) is 20.3 Å². The highest BCUT2D eigenvalue weighted by Crippen LogP contribution is 2.49. The Bertz CT molecular complexity index is 1010. The van der Waals surface area contributed by atoms with Crippen LogP contribution in [0.3, 0.4) is 0 Å². The summed E-state index contributed by atoms with van der Waals surface area (Å²) in [5.74, 6) is -1.66. The first-order valence-corrected chi connectivity index (χ1v) is 13.6. The van der Waals surface area contributed by atoms with E-state index in [1.165, 1.54) is 13.2 Å². The summed E-state index contributed by atoms with van der Waals surface area (Å²) in [6.45, 7) is 4.80. The van der Waals surface area contributed by atoms with Gasteiger partial charge in [-0.15, -0.1) is 0 Å². The van der Waals surface area contributed by atoms with Crippen LogP contribution in [0.4, 0.5) is 4.39 Å². The first kappa shape index (κ1) is 27.2. The molecule has 5 atom stereocenters. The molecule has 3 fully saturated rings. The van der Waals surface area contributed by atoms with Crippen LogP contribution in [0.5, 0.6) is 11.5 Å². The van der Waals surface area contributed by atoms with Crippen LogP contribution >= 0.6 is 0 Å². The summed E-state index contributed by atoms with van der Waals surface area (Å²) in [5.41, 5.74) is 0.152. The van der Waals surface area contributed by atoms with E-state index in [1.807, 2.05) is 0 Å². The van der Waals surface area contributed by atoms with E-state index in [9.17, 15) is 23.9 Å². The van der Waals surface area contributed by atoms with Crippen molar-refractivity contribution in [1.29, 1.82) is 0 Å². The SMILES string of the molecule is CC[C@H](C)CNC(=O)[C@H]1[C@@H]2CC[C@@H](C2)[C@H]1NC(=O)c1cc(OC2CCC(C(=O)O)CC2)c(F)cc1OC. The third kappa shape index (κ3) is 6.02. The van der Waals surface area contributed by atoms with Gasteiger partial charge in [-0.3, -0.25) is 14.4 Å².